The Morgan fingerprint density at radius 3 is 2.26 bits per heavy atom. The number of carbonyl (C=O) groups excluding carboxylic acids is 2. The standard InChI is InChI=1S/C34H35N5O4/c1-42-32-10-6-5-9-31(32)36-33(40)25-43-30-17-13-26(14-18-30)23-35-37-34(41)28-15-11-27(12-16-28)24-38-19-21-39(22-20-38)29-7-3-2-4-8-29/h2-18,23H,19-22,24-25H2,1H3,(H,36,40)(H,37,41)/b35-23+. The van der Waals surface area contributed by atoms with Crippen LogP contribution in [0.25, 0.3) is 0 Å². The van der Waals surface area contributed by atoms with E-state index in [9.17, 15) is 9.59 Å². The minimum Gasteiger partial charge on any atom is -0.495 e. The average Bonchev–Trinajstić information content (AvgIpc) is 3.06. The quantitative estimate of drug-likeness (QED) is 0.197. The van der Waals surface area contributed by atoms with Gasteiger partial charge >= 0.3 is 0 Å². The third-order valence-corrected chi connectivity index (χ3v) is 7.13. The first kappa shape index (κ1) is 29.3. The summed E-state index contributed by atoms with van der Waals surface area (Å²) in [5.74, 6) is 0.537. The Balaban J connectivity index is 1.03. The van der Waals surface area contributed by atoms with Crippen molar-refractivity contribution in [2.24, 2.45) is 5.10 Å². The Labute approximate surface area is 251 Å². The molecule has 1 heterocycles. The van der Waals surface area contributed by atoms with E-state index >= 15 is 0 Å². The van der Waals surface area contributed by atoms with Crippen molar-refractivity contribution in [1.29, 1.82) is 0 Å². The summed E-state index contributed by atoms with van der Waals surface area (Å²) in [7, 11) is 1.55. The Morgan fingerprint density at radius 1 is 0.837 bits per heavy atom. The number of carbonyl (C=O) groups is 2. The zero-order valence-electron chi connectivity index (χ0n) is 24.1. The van der Waals surface area contributed by atoms with Crippen LogP contribution in [-0.2, 0) is 11.3 Å². The number of nitrogens with one attached hydrogen (secondary N) is 2. The number of rotatable bonds is 11. The molecule has 4 aromatic carbocycles. The molecule has 5 rings (SSSR count). The number of hydrogen-bond acceptors (Lipinski definition) is 7. The lowest BCUT2D eigenvalue weighted by Crippen LogP contribution is -2.45. The second-order valence-corrected chi connectivity index (χ2v) is 10.1. The van der Waals surface area contributed by atoms with Crippen molar-refractivity contribution in [3.63, 3.8) is 0 Å². The number of methoxy groups -OCH3 is 1. The molecule has 1 aliphatic rings. The number of piperazine rings is 1. The van der Waals surface area contributed by atoms with Crippen LogP contribution in [0.15, 0.2) is 108 Å². The fraction of sp³-hybridized carbons (Fsp3) is 0.206. The van der Waals surface area contributed by atoms with Gasteiger partial charge in [0.15, 0.2) is 6.61 Å². The number of hydrazone groups is 1. The number of para-hydroxylation sites is 3. The zero-order valence-corrected chi connectivity index (χ0v) is 24.1. The number of nitrogens with zero attached hydrogens (tertiary/aromatic N) is 3. The molecule has 0 aromatic heterocycles. The van der Waals surface area contributed by atoms with Crippen molar-refractivity contribution >= 4 is 29.4 Å². The molecule has 9 nitrogen and oxygen atoms in total. The van der Waals surface area contributed by atoms with Gasteiger partial charge < -0.3 is 19.7 Å². The molecule has 43 heavy (non-hydrogen) atoms. The molecule has 0 unspecified atom stereocenters. The minimum atomic E-state index is -0.299. The number of amides is 2. The van der Waals surface area contributed by atoms with E-state index in [0.717, 1.165) is 38.3 Å². The number of benzene rings is 4. The van der Waals surface area contributed by atoms with E-state index in [-0.39, 0.29) is 18.4 Å². The Morgan fingerprint density at radius 2 is 1.53 bits per heavy atom. The summed E-state index contributed by atoms with van der Waals surface area (Å²) in [6.07, 6.45) is 1.56. The smallest absolute Gasteiger partial charge is 0.271 e. The molecule has 4 aromatic rings. The molecule has 0 atom stereocenters. The summed E-state index contributed by atoms with van der Waals surface area (Å²) >= 11 is 0. The molecule has 1 aliphatic heterocycles. The molecule has 2 amide bonds. The van der Waals surface area contributed by atoms with Crippen LogP contribution in [0.5, 0.6) is 11.5 Å². The van der Waals surface area contributed by atoms with E-state index in [1.807, 2.05) is 42.5 Å². The lowest BCUT2D eigenvalue weighted by Gasteiger charge is -2.36. The summed E-state index contributed by atoms with van der Waals surface area (Å²) in [6, 6.07) is 32.4. The number of hydrogen-bond donors (Lipinski definition) is 2. The van der Waals surface area contributed by atoms with Crippen molar-refractivity contribution in [3.05, 3.63) is 120 Å². The first-order valence-corrected chi connectivity index (χ1v) is 14.2. The summed E-state index contributed by atoms with van der Waals surface area (Å²) in [5, 5.41) is 6.85. The summed E-state index contributed by atoms with van der Waals surface area (Å²) in [6.45, 7) is 4.71. The topological polar surface area (TPSA) is 95.5 Å². The molecule has 0 saturated carbocycles. The SMILES string of the molecule is COc1ccccc1NC(=O)COc1ccc(/C=N/NC(=O)c2ccc(CN3CCN(c4ccccc4)CC3)cc2)cc1. The molecule has 2 N–H and O–H groups in total. The first-order chi connectivity index (χ1) is 21.1. The van der Waals surface area contributed by atoms with Crippen molar-refractivity contribution in [1.82, 2.24) is 10.3 Å². The third kappa shape index (κ3) is 8.43. The van der Waals surface area contributed by atoms with Crippen LogP contribution < -0.4 is 25.1 Å². The molecule has 0 bridgehead atoms. The fourth-order valence-corrected chi connectivity index (χ4v) is 4.79. The van der Waals surface area contributed by atoms with E-state index in [1.165, 1.54) is 11.3 Å². The van der Waals surface area contributed by atoms with Crippen LogP contribution in [0.2, 0.25) is 0 Å². The highest BCUT2D eigenvalue weighted by atomic mass is 16.5. The van der Waals surface area contributed by atoms with Gasteiger partial charge in [-0.2, -0.15) is 5.10 Å². The third-order valence-electron chi connectivity index (χ3n) is 7.13. The zero-order chi connectivity index (χ0) is 29.9. The van der Waals surface area contributed by atoms with E-state index in [0.29, 0.717) is 22.7 Å². The Bertz CT molecular complexity index is 1520. The molecule has 1 saturated heterocycles. The molecule has 9 heteroatoms. The van der Waals surface area contributed by atoms with Gasteiger partial charge in [-0.3, -0.25) is 14.5 Å². The Kier molecular flexibility index (Phi) is 10.0. The van der Waals surface area contributed by atoms with Crippen LogP contribution in [0.4, 0.5) is 11.4 Å². The first-order valence-electron chi connectivity index (χ1n) is 14.2. The van der Waals surface area contributed by atoms with Crippen LogP contribution >= 0.6 is 0 Å². The van der Waals surface area contributed by atoms with Crippen LogP contribution in [0.3, 0.4) is 0 Å². The maximum atomic E-state index is 12.6. The van der Waals surface area contributed by atoms with Gasteiger partial charge in [-0.15, -0.1) is 0 Å². The maximum absolute atomic E-state index is 12.6. The fourth-order valence-electron chi connectivity index (χ4n) is 4.79. The van der Waals surface area contributed by atoms with Gasteiger partial charge in [0.05, 0.1) is 19.0 Å². The van der Waals surface area contributed by atoms with Gasteiger partial charge in [-0.05, 0) is 71.8 Å². The van der Waals surface area contributed by atoms with Gasteiger partial charge in [0, 0.05) is 44.0 Å². The lowest BCUT2D eigenvalue weighted by atomic mass is 10.1. The largest absolute Gasteiger partial charge is 0.495 e. The van der Waals surface area contributed by atoms with Gasteiger partial charge in [0.2, 0.25) is 0 Å². The van der Waals surface area contributed by atoms with Crippen molar-refractivity contribution in [2.75, 3.05) is 50.1 Å². The molecule has 220 valence electrons. The van der Waals surface area contributed by atoms with Crippen LogP contribution in [0.1, 0.15) is 21.5 Å². The van der Waals surface area contributed by atoms with E-state index < -0.39 is 0 Å². The molecular weight excluding hydrogens is 542 g/mol. The summed E-state index contributed by atoms with van der Waals surface area (Å²) in [4.78, 5) is 29.7. The number of anilines is 2. The highest BCUT2D eigenvalue weighted by molar-refractivity contribution is 5.95. The van der Waals surface area contributed by atoms with E-state index in [2.05, 4.69) is 49.9 Å². The average molecular weight is 578 g/mol. The van der Waals surface area contributed by atoms with Gasteiger partial charge in [0.25, 0.3) is 11.8 Å². The van der Waals surface area contributed by atoms with E-state index in [1.54, 1.807) is 49.7 Å². The van der Waals surface area contributed by atoms with Crippen molar-refractivity contribution < 1.29 is 19.1 Å². The van der Waals surface area contributed by atoms with Crippen LogP contribution in [0, 0.1) is 0 Å². The normalized spacial score (nSPS) is 13.5. The van der Waals surface area contributed by atoms with Gasteiger partial charge in [-0.1, -0.05) is 42.5 Å². The van der Waals surface area contributed by atoms with Crippen LogP contribution in [-0.4, -0.2) is 62.8 Å². The lowest BCUT2D eigenvalue weighted by molar-refractivity contribution is -0.118. The monoisotopic (exact) mass is 577 g/mol. The van der Waals surface area contributed by atoms with Crippen molar-refractivity contribution in [2.45, 2.75) is 6.54 Å². The molecule has 1 fully saturated rings. The highest BCUT2D eigenvalue weighted by Crippen LogP contribution is 2.23. The van der Waals surface area contributed by atoms with Crippen molar-refractivity contribution in [3.8, 4) is 11.5 Å². The molecule has 0 aliphatic carbocycles. The second kappa shape index (κ2) is 14.7. The Hall–Kier alpha value is -5.15. The van der Waals surface area contributed by atoms with Gasteiger partial charge in [-0.25, -0.2) is 5.43 Å². The molecule has 0 radical (unpaired) electrons. The van der Waals surface area contributed by atoms with Gasteiger partial charge in [0.1, 0.15) is 11.5 Å². The summed E-state index contributed by atoms with van der Waals surface area (Å²) < 4.78 is 10.8. The molecule has 0 spiro atoms. The van der Waals surface area contributed by atoms with E-state index in [4.69, 9.17) is 9.47 Å². The predicted octanol–water partition coefficient (Wildman–Crippen LogP) is 4.80. The maximum Gasteiger partial charge on any atom is 0.271 e. The number of ether oxygens (including phenoxy) is 2. The predicted molar refractivity (Wildman–Crippen MR) is 169 cm³/mol. The minimum absolute atomic E-state index is 0.148. The summed E-state index contributed by atoms with van der Waals surface area (Å²) in [5.41, 5.74) is 6.92. The second-order valence-electron chi connectivity index (χ2n) is 10.1. The highest BCUT2D eigenvalue weighted by Gasteiger charge is 2.17. The molecular formula is C34H35N5O4.